The molecule has 2 aromatic rings. The first-order chi connectivity index (χ1) is 5.77. The lowest BCUT2D eigenvalue weighted by Crippen LogP contribution is -1.92. The van der Waals surface area contributed by atoms with Crippen molar-refractivity contribution in [3.8, 4) is 0 Å². The highest BCUT2D eigenvalue weighted by Gasteiger charge is 2.01. The maximum absolute atomic E-state index is 11.0. The molecule has 0 bridgehead atoms. The number of hydrogen-bond acceptors (Lipinski definition) is 2. The van der Waals surface area contributed by atoms with Crippen LogP contribution in [0, 0.1) is 0 Å². The largest absolute Gasteiger partial charge is 0.360 e. The summed E-state index contributed by atoms with van der Waals surface area (Å²) in [6.45, 7) is 1.53. The van der Waals surface area contributed by atoms with Crippen molar-refractivity contribution in [1.29, 1.82) is 0 Å². The normalized spacial score (nSPS) is 10.4. The number of fused-ring (bicyclic) bond motifs is 1. The molecule has 2 aromatic heterocycles. The highest BCUT2D eigenvalue weighted by atomic mass is 16.1. The Bertz CT molecular complexity index is 431. The predicted molar refractivity (Wildman–Crippen MR) is 46.1 cm³/mol. The van der Waals surface area contributed by atoms with E-state index in [9.17, 15) is 4.79 Å². The van der Waals surface area contributed by atoms with Gasteiger partial charge in [-0.25, -0.2) is 0 Å². The van der Waals surface area contributed by atoms with E-state index in [2.05, 4.69) is 9.97 Å². The van der Waals surface area contributed by atoms with Crippen LogP contribution in [0.1, 0.15) is 17.3 Å². The second-order valence-corrected chi connectivity index (χ2v) is 2.69. The molecule has 0 unspecified atom stereocenters. The molecular weight excluding hydrogens is 152 g/mol. The molecule has 0 spiro atoms. The minimum absolute atomic E-state index is 0.0407. The van der Waals surface area contributed by atoms with Gasteiger partial charge in [0.25, 0.3) is 0 Å². The van der Waals surface area contributed by atoms with Crippen molar-refractivity contribution in [2.75, 3.05) is 0 Å². The molecule has 2 rings (SSSR count). The number of ketones is 1. The van der Waals surface area contributed by atoms with E-state index in [1.165, 1.54) is 6.92 Å². The highest BCUT2D eigenvalue weighted by molar-refractivity contribution is 5.96. The number of Topliss-reactive ketones (excluding diaryl/α,β-unsaturated/α-hetero) is 1. The summed E-state index contributed by atoms with van der Waals surface area (Å²) in [7, 11) is 0. The minimum atomic E-state index is 0.0407. The molecule has 0 aliphatic rings. The second kappa shape index (κ2) is 2.44. The van der Waals surface area contributed by atoms with Crippen molar-refractivity contribution < 1.29 is 4.79 Å². The van der Waals surface area contributed by atoms with E-state index in [0.29, 0.717) is 5.56 Å². The minimum Gasteiger partial charge on any atom is -0.360 e. The maximum Gasteiger partial charge on any atom is 0.161 e. The fourth-order valence-electron chi connectivity index (χ4n) is 1.13. The monoisotopic (exact) mass is 160 g/mol. The van der Waals surface area contributed by atoms with Gasteiger partial charge in [-0.3, -0.25) is 9.78 Å². The van der Waals surface area contributed by atoms with Crippen LogP contribution in [0.2, 0.25) is 0 Å². The number of pyridine rings is 1. The number of aromatic nitrogens is 2. The predicted octanol–water partition coefficient (Wildman–Crippen LogP) is 1.77. The van der Waals surface area contributed by atoms with Gasteiger partial charge >= 0.3 is 0 Å². The van der Waals surface area contributed by atoms with Crippen LogP contribution in [-0.2, 0) is 0 Å². The van der Waals surface area contributed by atoms with E-state index in [1.807, 2.05) is 18.3 Å². The maximum atomic E-state index is 11.0. The van der Waals surface area contributed by atoms with E-state index < -0.39 is 0 Å². The van der Waals surface area contributed by atoms with Crippen LogP contribution < -0.4 is 0 Å². The zero-order chi connectivity index (χ0) is 8.55. The van der Waals surface area contributed by atoms with Gasteiger partial charge in [0.1, 0.15) is 0 Å². The Morgan fingerprint density at radius 3 is 3.17 bits per heavy atom. The summed E-state index contributed by atoms with van der Waals surface area (Å²) in [5.74, 6) is 0.0407. The van der Waals surface area contributed by atoms with Gasteiger partial charge in [0.05, 0.1) is 11.0 Å². The van der Waals surface area contributed by atoms with Gasteiger partial charge < -0.3 is 4.98 Å². The molecule has 3 heteroatoms. The Labute approximate surface area is 69.4 Å². The summed E-state index contributed by atoms with van der Waals surface area (Å²) in [5, 5.41) is 0. The molecular formula is C9H8N2O. The number of carbonyl (C=O) groups is 1. The van der Waals surface area contributed by atoms with Gasteiger partial charge in [-0.15, -0.1) is 0 Å². The lowest BCUT2D eigenvalue weighted by molar-refractivity contribution is 0.101. The molecule has 0 saturated heterocycles. The molecule has 0 atom stereocenters. The van der Waals surface area contributed by atoms with E-state index in [4.69, 9.17) is 0 Å². The molecule has 2 heterocycles. The van der Waals surface area contributed by atoms with Gasteiger partial charge in [-0.05, 0) is 19.1 Å². The lowest BCUT2D eigenvalue weighted by atomic mass is 10.2. The smallest absolute Gasteiger partial charge is 0.161 e. The number of hydrogen-bond donors (Lipinski definition) is 1. The highest BCUT2D eigenvalue weighted by Crippen LogP contribution is 2.10. The van der Waals surface area contributed by atoms with E-state index in [-0.39, 0.29) is 5.78 Å². The molecule has 0 aromatic carbocycles. The molecule has 60 valence electrons. The standard InChI is InChI=1S/C9H8N2O/c1-6(12)7-4-9-8(11-5-7)2-3-10-9/h2-5,10H,1H3. The van der Waals surface area contributed by atoms with Gasteiger partial charge in [-0.2, -0.15) is 0 Å². The average Bonchev–Trinajstić information content (AvgIpc) is 2.49. The van der Waals surface area contributed by atoms with Crippen LogP contribution in [0.5, 0.6) is 0 Å². The van der Waals surface area contributed by atoms with Crippen LogP contribution >= 0.6 is 0 Å². The van der Waals surface area contributed by atoms with E-state index in [1.54, 1.807) is 6.20 Å². The fraction of sp³-hybridized carbons (Fsp3) is 0.111. The fourth-order valence-corrected chi connectivity index (χ4v) is 1.13. The Hall–Kier alpha value is -1.64. The summed E-state index contributed by atoms with van der Waals surface area (Å²) in [5.41, 5.74) is 2.44. The molecule has 0 aliphatic heterocycles. The van der Waals surface area contributed by atoms with Crippen LogP contribution in [-0.4, -0.2) is 15.8 Å². The topological polar surface area (TPSA) is 45.8 Å². The van der Waals surface area contributed by atoms with E-state index in [0.717, 1.165) is 11.0 Å². The first kappa shape index (κ1) is 7.03. The van der Waals surface area contributed by atoms with Gasteiger partial charge in [0, 0.05) is 18.0 Å². The number of nitrogens with one attached hydrogen (secondary N) is 1. The molecule has 12 heavy (non-hydrogen) atoms. The number of aromatic amines is 1. The van der Waals surface area contributed by atoms with Crippen molar-refractivity contribution in [3.05, 3.63) is 30.1 Å². The summed E-state index contributed by atoms with van der Waals surface area (Å²) in [6, 6.07) is 3.68. The third-order valence-corrected chi connectivity index (χ3v) is 1.81. The molecule has 3 nitrogen and oxygen atoms in total. The van der Waals surface area contributed by atoms with Crippen LogP contribution in [0.3, 0.4) is 0 Å². The third-order valence-electron chi connectivity index (χ3n) is 1.81. The van der Waals surface area contributed by atoms with Crippen molar-refractivity contribution in [1.82, 2.24) is 9.97 Å². The summed E-state index contributed by atoms with van der Waals surface area (Å²) in [6.07, 6.45) is 3.40. The Balaban J connectivity index is 2.68. The van der Waals surface area contributed by atoms with Gasteiger partial charge in [0.15, 0.2) is 5.78 Å². The van der Waals surface area contributed by atoms with Crippen molar-refractivity contribution in [2.24, 2.45) is 0 Å². The summed E-state index contributed by atoms with van der Waals surface area (Å²) < 4.78 is 0. The molecule has 0 amide bonds. The Morgan fingerprint density at radius 2 is 2.42 bits per heavy atom. The van der Waals surface area contributed by atoms with E-state index >= 15 is 0 Å². The quantitative estimate of drug-likeness (QED) is 0.646. The van der Waals surface area contributed by atoms with Crippen LogP contribution in [0.4, 0.5) is 0 Å². The molecule has 0 radical (unpaired) electrons. The zero-order valence-corrected chi connectivity index (χ0v) is 6.66. The first-order valence-corrected chi connectivity index (χ1v) is 3.71. The van der Waals surface area contributed by atoms with Crippen LogP contribution in [0.15, 0.2) is 24.5 Å². The zero-order valence-electron chi connectivity index (χ0n) is 6.66. The molecule has 0 saturated carbocycles. The van der Waals surface area contributed by atoms with Crippen molar-refractivity contribution in [2.45, 2.75) is 6.92 Å². The molecule has 1 N–H and O–H groups in total. The van der Waals surface area contributed by atoms with Crippen molar-refractivity contribution in [3.63, 3.8) is 0 Å². The molecule has 0 fully saturated rings. The Morgan fingerprint density at radius 1 is 1.58 bits per heavy atom. The van der Waals surface area contributed by atoms with Crippen LogP contribution in [0.25, 0.3) is 11.0 Å². The lowest BCUT2D eigenvalue weighted by Gasteiger charge is -1.93. The SMILES string of the molecule is CC(=O)c1cnc2cc[nH]c2c1. The third kappa shape index (κ3) is 0.993. The summed E-state index contributed by atoms with van der Waals surface area (Å²) >= 11 is 0. The van der Waals surface area contributed by atoms with Gasteiger partial charge in [-0.1, -0.05) is 0 Å². The molecule has 0 aliphatic carbocycles. The number of nitrogens with zero attached hydrogens (tertiary/aromatic N) is 1. The average molecular weight is 160 g/mol. The summed E-state index contributed by atoms with van der Waals surface area (Å²) in [4.78, 5) is 18.1. The first-order valence-electron chi connectivity index (χ1n) is 3.71. The number of rotatable bonds is 1. The Kier molecular flexibility index (Phi) is 1.43. The van der Waals surface area contributed by atoms with Crippen molar-refractivity contribution >= 4 is 16.8 Å². The number of H-pyrrole nitrogens is 1. The van der Waals surface area contributed by atoms with Gasteiger partial charge in [0.2, 0.25) is 0 Å². The number of carbonyl (C=O) groups excluding carboxylic acids is 1. The second-order valence-electron chi connectivity index (χ2n) is 2.69.